The van der Waals surface area contributed by atoms with Crippen molar-refractivity contribution in [1.29, 1.82) is 0 Å². The van der Waals surface area contributed by atoms with E-state index in [1.165, 1.54) is 122 Å². The zero-order chi connectivity index (χ0) is 37.1. The number of benzene rings is 6. The molecule has 0 radical (unpaired) electrons. The van der Waals surface area contributed by atoms with Crippen molar-refractivity contribution in [2.24, 2.45) is 17.8 Å². The third-order valence-corrected chi connectivity index (χ3v) is 14.8. The Balaban J connectivity index is 1.03. The van der Waals surface area contributed by atoms with Gasteiger partial charge in [-0.2, -0.15) is 0 Å². The molecule has 0 unspecified atom stereocenters. The Labute approximate surface area is 332 Å². The van der Waals surface area contributed by atoms with Gasteiger partial charge >= 0.3 is 0 Å². The summed E-state index contributed by atoms with van der Waals surface area (Å²) in [4.78, 5) is 2.49. The van der Waals surface area contributed by atoms with Gasteiger partial charge < -0.3 is 9.32 Å². The molecule has 1 aromatic heterocycles. The van der Waals surface area contributed by atoms with Crippen LogP contribution in [0.1, 0.15) is 100 Å². The topological polar surface area (TPSA) is 16.4 Å². The molecule has 5 fully saturated rings. The predicted octanol–water partition coefficient (Wildman–Crippen LogP) is 15.2. The minimum atomic E-state index is 0.0486. The zero-order valence-electron chi connectivity index (χ0n) is 32.6. The van der Waals surface area contributed by atoms with Crippen molar-refractivity contribution >= 4 is 39.0 Å². The molecule has 56 heavy (non-hydrogen) atoms. The standard InChI is InChI=1S/C54H53NO/c1-2-10-29-54(30-11-3-1,43-15-8-5-9-16-43)44-21-25-46(26-22-44)55(45-23-19-42(20-24-45)53-35-38-31-39(36-53)33-40(32-38)37-53)47-27-28-50-49(34-47)52-48(17-12-18-51(52)56-50)41-13-6-4-7-14-41/h4-9,12-28,34,38-40H,1-3,10-11,29-33,35-37H2. The van der Waals surface area contributed by atoms with Crippen LogP contribution in [0.4, 0.5) is 17.1 Å². The van der Waals surface area contributed by atoms with Crippen molar-refractivity contribution in [1.82, 2.24) is 0 Å². The summed E-state index contributed by atoms with van der Waals surface area (Å²) in [6, 6.07) is 55.0. The molecule has 0 aliphatic heterocycles. The van der Waals surface area contributed by atoms with Gasteiger partial charge in [0.05, 0.1) is 0 Å². The quantitative estimate of drug-likeness (QED) is 0.162. The van der Waals surface area contributed by atoms with Gasteiger partial charge in [-0.25, -0.2) is 0 Å². The highest BCUT2D eigenvalue weighted by Gasteiger charge is 2.51. The first-order chi connectivity index (χ1) is 27.6. The van der Waals surface area contributed by atoms with Crippen LogP contribution >= 0.6 is 0 Å². The molecule has 2 heteroatoms. The molecule has 0 N–H and O–H groups in total. The van der Waals surface area contributed by atoms with Crippen LogP contribution in [-0.2, 0) is 10.8 Å². The Morgan fingerprint density at radius 1 is 0.464 bits per heavy atom. The first kappa shape index (κ1) is 34.2. The molecule has 0 spiro atoms. The highest BCUT2D eigenvalue weighted by Crippen LogP contribution is 2.61. The maximum Gasteiger partial charge on any atom is 0.136 e. The first-order valence-electron chi connectivity index (χ1n) is 21.7. The largest absolute Gasteiger partial charge is 0.456 e. The molecular formula is C54H53NO. The van der Waals surface area contributed by atoms with Crippen LogP contribution in [0.3, 0.4) is 0 Å². The fourth-order valence-corrected chi connectivity index (χ4v) is 12.6. The second kappa shape index (κ2) is 13.8. The van der Waals surface area contributed by atoms with Gasteiger partial charge in [0.1, 0.15) is 11.2 Å². The van der Waals surface area contributed by atoms with Crippen molar-refractivity contribution in [2.45, 2.75) is 94.3 Å². The van der Waals surface area contributed by atoms with E-state index < -0.39 is 0 Å². The molecule has 0 atom stereocenters. The number of nitrogens with zero attached hydrogens (tertiary/aromatic N) is 1. The molecule has 1 heterocycles. The summed E-state index contributed by atoms with van der Waals surface area (Å²) in [6.07, 6.45) is 17.6. The average Bonchev–Trinajstić information content (AvgIpc) is 3.60. The van der Waals surface area contributed by atoms with Gasteiger partial charge in [-0.15, -0.1) is 0 Å². The third kappa shape index (κ3) is 5.82. The summed E-state index contributed by atoms with van der Waals surface area (Å²) in [6.45, 7) is 0. The van der Waals surface area contributed by atoms with Gasteiger partial charge in [0, 0.05) is 33.2 Å². The summed E-state index contributed by atoms with van der Waals surface area (Å²) in [5, 5.41) is 2.33. The lowest BCUT2D eigenvalue weighted by molar-refractivity contribution is -0.00518. The van der Waals surface area contributed by atoms with Gasteiger partial charge in [-0.1, -0.05) is 129 Å². The lowest BCUT2D eigenvalue weighted by Gasteiger charge is -2.57. The lowest BCUT2D eigenvalue weighted by atomic mass is 9.48. The third-order valence-electron chi connectivity index (χ3n) is 14.8. The van der Waals surface area contributed by atoms with Gasteiger partial charge in [-0.3, -0.25) is 0 Å². The lowest BCUT2D eigenvalue weighted by Crippen LogP contribution is -2.48. The van der Waals surface area contributed by atoms with E-state index in [0.29, 0.717) is 5.41 Å². The molecule has 5 aliphatic carbocycles. The number of fused-ring (bicyclic) bond motifs is 3. The Kier molecular flexibility index (Phi) is 8.45. The Morgan fingerprint density at radius 2 is 1.02 bits per heavy atom. The minimum absolute atomic E-state index is 0.0486. The van der Waals surface area contributed by atoms with Gasteiger partial charge in [0.25, 0.3) is 0 Å². The van der Waals surface area contributed by atoms with Crippen LogP contribution in [0.5, 0.6) is 0 Å². The monoisotopic (exact) mass is 731 g/mol. The van der Waals surface area contributed by atoms with E-state index in [0.717, 1.165) is 40.0 Å². The molecule has 7 aromatic rings. The van der Waals surface area contributed by atoms with E-state index >= 15 is 0 Å². The summed E-state index contributed by atoms with van der Waals surface area (Å²) in [5.74, 6) is 2.81. The van der Waals surface area contributed by atoms with Crippen molar-refractivity contribution in [2.75, 3.05) is 4.90 Å². The van der Waals surface area contributed by atoms with E-state index in [1.807, 2.05) is 0 Å². The molecule has 0 saturated heterocycles. The van der Waals surface area contributed by atoms with E-state index in [2.05, 4.69) is 150 Å². The van der Waals surface area contributed by atoms with Crippen molar-refractivity contribution in [3.05, 3.63) is 162 Å². The van der Waals surface area contributed by atoms with E-state index in [9.17, 15) is 0 Å². The van der Waals surface area contributed by atoms with Gasteiger partial charge in [0.2, 0.25) is 0 Å². The van der Waals surface area contributed by atoms with Crippen molar-refractivity contribution < 1.29 is 4.42 Å². The zero-order valence-corrected chi connectivity index (χ0v) is 32.6. The molecule has 4 bridgehead atoms. The van der Waals surface area contributed by atoms with Crippen molar-refractivity contribution in [3.8, 4) is 11.1 Å². The SMILES string of the molecule is c1ccc(-c2cccc3oc4ccc(N(c5ccc(C67CC8CC(CC(C8)C6)C7)cc5)c5ccc(C6(c7ccccc7)CCCCCCC6)cc5)cc4c23)cc1. The van der Waals surface area contributed by atoms with Crippen LogP contribution in [-0.4, -0.2) is 0 Å². The fourth-order valence-electron chi connectivity index (χ4n) is 12.6. The number of anilines is 3. The first-order valence-corrected chi connectivity index (χ1v) is 21.7. The van der Waals surface area contributed by atoms with E-state index in [4.69, 9.17) is 4.42 Å². The smallest absolute Gasteiger partial charge is 0.136 e. The number of hydrogen-bond donors (Lipinski definition) is 0. The van der Waals surface area contributed by atoms with Crippen LogP contribution in [0, 0.1) is 17.8 Å². The molecule has 12 rings (SSSR count). The van der Waals surface area contributed by atoms with Crippen LogP contribution in [0.15, 0.2) is 150 Å². The van der Waals surface area contributed by atoms with E-state index in [-0.39, 0.29) is 5.41 Å². The van der Waals surface area contributed by atoms with Gasteiger partial charge in [0.15, 0.2) is 0 Å². The highest BCUT2D eigenvalue weighted by atomic mass is 16.3. The molecule has 280 valence electrons. The maximum atomic E-state index is 6.53. The summed E-state index contributed by atoms with van der Waals surface area (Å²) in [5.41, 5.74) is 12.8. The molecule has 6 aromatic carbocycles. The second-order valence-corrected chi connectivity index (χ2v) is 18.2. The maximum absolute atomic E-state index is 6.53. The second-order valence-electron chi connectivity index (χ2n) is 18.2. The van der Waals surface area contributed by atoms with Crippen LogP contribution < -0.4 is 4.90 Å². The predicted molar refractivity (Wildman–Crippen MR) is 233 cm³/mol. The molecule has 2 nitrogen and oxygen atoms in total. The Hall–Kier alpha value is -5.08. The average molecular weight is 732 g/mol. The molecule has 5 aliphatic rings. The summed E-state index contributed by atoms with van der Waals surface area (Å²) in [7, 11) is 0. The Bertz CT molecular complexity index is 2430. The molecule has 5 saturated carbocycles. The van der Waals surface area contributed by atoms with Crippen LogP contribution in [0.25, 0.3) is 33.1 Å². The van der Waals surface area contributed by atoms with E-state index in [1.54, 1.807) is 5.56 Å². The fraction of sp³-hybridized carbons (Fsp3) is 0.333. The highest BCUT2D eigenvalue weighted by molar-refractivity contribution is 6.13. The normalized spacial score (nSPS) is 24.2. The Morgan fingerprint density at radius 3 is 1.66 bits per heavy atom. The number of furan rings is 1. The van der Waals surface area contributed by atoms with Crippen molar-refractivity contribution in [3.63, 3.8) is 0 Å². The number of rotatable bonds is 7. The minimum Gasteiger partial charge on any atom is -0.456 e. The summed E-state index contributed by atoms with van der Waals surface area (Å²) < 4.78 is 6.53. The molecule has 0 amide bonds. The van der Waals surface area contributed by atoms with Crippen LogP contribution in [0.2, 0.25) is 0 Å². The molecular weight excluding hydrogens is 679 g/mol. The summed E-state index contributed by atoms with van der Waals surface area (Å²) >= 11 is 0. The number of hydrogen-bond acceptors (Lipinski definition) is 2. The van der Waals surface area contributed by atoms with Gasteiger partial charge in [-0.05, 0) is 151 Å².